The molecule has 0 bridgehead atoms. The van der Waals surface area contributed by atoms with Crippen molar-refractivity contribution in [1.29, 1.82) is 0 Å². The second-order valence-corrected chi connectivity index (χ2v) is 5.43. The fraction of sp³-hybridized carbons (Fsp3) is 0.400. The Morgan fingerprint density at radius 1 is 1.45 bits per heavy atom. The smallest absolute Gasteiger partial charge is 0.243 e. The van der Waals surface area contributed by atoms with Gasteiger partial charge >= 0.3 is 0 Å². The highest BCUT2D eigenvalue weighted by Gasteiger charge is 2.29. The first-order valence-corrected chi connectivity index (χ1v) is 7.16. The van der Waals surface area contributed by atoms with Crippen LogP contribution < -0.4 is 10.6 Å². The number of hydrogen-bond acceptors (Lipinski definition) is 5. The quantitative estimate of drug-likeness (QED) is 0.902. The largest absolute Gasteiger partial charge is 0.338 e. The van der Waals surface area contributed by atoms with Crippen molar-refractivity contribution >= 4 is 11.6 Å². The van der Waals surface area contributed by atoms with Gasteiger partial charge in [-0.25, -0.2) is 4.39 Å². The Morgan fingerprint density at radius 3 is 2.91 bits per heavy atom. The lowest BCUT2D eigenvalue weighted by Crippen LogP contribution is -2.16. The van der Waals surface area contributed by atoms with Crippen LogP contribution in [0.5, 0.6) is 0 Å². The predicted octanol–water partition coefficient (Wildman–Crippen LogP) is 1.93. The maximum atomic E-state index is 13.1. The Morgan fingerprint density at radius 2 is 2.23 bits per heavy atom. The molecule has 1 aliphatic heterocycles. The molecule has 1 amide bonds. The topological polar surface area (TPSA) is 80.0 Å². The molecular formula is C15H17FN4O2. The fourth-order valence-corrected chi connectivity index (χ4v) is 2.35. The molecule has 1 aromatic carbocycles. The molecule has 1 fully saturated rings. The van der Waals surface area contributed by atoms with Crippen molar-refractivity contribution in [3.8, 4) is 0 Å². The van der Waals surface area contributed by atoms with E-state index in [9.17, 15) is 9.18 Å². The van der Waals surface area contributed by atoms with Crippen LogP contribution in [0.15, 0.2) is 28.8 Å². The summed E-state index contributed by atoms with van der Waals surface area (Å²) in [5.74, 6) is 0.404. The van der Waals surface area contributed by atoms with Crippen LogP contribution in [0.4, 0.5) is 10.1 Å². The first-order valence-electron chi connectivity index (χ1n) is 7.16. The lowest BCUT2D eigenvalue weighted by Gasteiger charge is -2.03. The van der Waals surface area contributed by atoms with Crippen LogP contribution in [-0.2, 0) is 11.2 Å². The second-order valence-electron chi connectivity index (χ2n) is 5.43. The van der Waals surface area contributed by atoms with E-state index in [0.717, 1.165) is 11.3 Å². The third-order valence-electron chi connectivity index (χ3n) is 3.51. The lowest BCUT2D eigenvalue weighted by molar-refractivity contribution is -0.115. The highest BCUT2D eigenvalue weighted by Crippen LogP contribution is 2.23. The molecule has 22 heavy (non-hydrogen) atoms. The van der Waals surface area contributed by atoms with Crippen molar-refractivity contribution < 1.29 is 13.7 Å². The summed E-state index contributed by atoms with van der Waals surface area (Å²) in [5.41, 5.74) is 1.84. The van der Waals surface area contributed by atoms with Crippen LogP contribution in [0.3, 0.4) is 0 Å². The fourth-order valence-electron chi connectivity index (χ4n) is 2.35. The van der Waals surface area contributed by atoms with Crippen LogP contribution in [-0.4, -0.2) is 28.8 Å². The molecule has 2 N–H and O–H groups in total. The minimum Gasteiger partial charge on any atom is -0.338 e. The maximum Gasteiger partial charge on any atom is 0.243 e. The Labute approximate surface area is 127 Å². The average Bonchev–Trinajstić information content (AvgIpc) is 3.10. The standard InChI is InChI=1S/C15H17FN4O2/c1-9-2-4-11(5-3-9)18-14(21)7-13-19-15(22-20-13)12-6-10(16)8-17-12/h2-5,10,12,17H,6-8H2,1H3,(H,18,21)/t10-,12+/m0/s1. The zero-order valence-corrected chi connectivity index (χ0v) is 12.2. The van der Waals surface area contributed by atoms with E-state index in [0.29, 0.717) is 18.1 Å². The van der Waals surface area contributed by atoms with Crippen LogP contribution in [0.1, 0.15) is 29.7 Å². The van der Waals surface area contributed by atoms with Gasteiger partial charge in [-0.15, -0.1) is 0 Å². The molecule has 1 aliphatic rings. The molecule has 2 atom stereocenters. The molecule has 0 saturated carbocycles. The Kier molecular flexibility index (Phi) is 4.15. The van der Waals surface area contributed by atoms with Gasteiger partial charge in [0.25, 0.3) is 0 Å². The van der Waals surface area contributed by atoms with Gasteiger partial charge in [0.05, 0.1) is 12.5 Å². The first-order chi connectivity index (χ1) is 10.6. The molecule has 0 spiro atoms. The molecule has 6 nitrogen and oxygen atoms in total. The van der Waals surface area contributed by atoms with Crippen molar-refractivity contribution in [2.75, 3.05) is 11.9 Å². The summed E-state index contributed by atoms with van der Waals surface area (Å²) in [4.78, 5) is 16.1. The number of halogens is 1. The number of carbonyl (C=O) groups excluding carboxylic acids is 1. The molecule has 2 aromatic rings. The zero-order valence-electron chi connectivity index (χ0n) is 12.2. The van der Waals surface area contributed by atoms with Gasteiger partial charge in [0, 0.05) is 18.7 Å². The van der Waals surface area contributed by atoms with Gasteiger partial charge in [0.2, 0.25) is 11.8 Å². The SMILES string of the molecule is Cc1ccc(NC(=O)Cc2noc([C@H]3C[C@H](F)CN3)n2)cc1. The zero-order chi connectivity index (χ0) is 15.5. The lowest BCUT2D eigenvalue weighted by atomic mass is 10.2. The van der Waals surface area contributed by atoms with Crippen molar-refractivity contribution in [3.63, 3.8) is 0 Å². The second kappa shape index (κ2) is 6.23. The summed E-state index contributed by atoms with van der Waals surface area (Å²) in [6.45, 7) is 2.27. The number of aromatic nitrogens is 2. The summed E-state index contributed by atoms with van der Waals surface area (Å²) < 4.78 is 18.2. The molecule has 3 rings (SSSR count). The van der Waals surface area contributed by atoms with Gasteiger partial charge in [-0.05, 0) is 19.1 Å². The minimum atomic E-state index is -0.898. The number of nitrogens with zero attached hydrogens (tertiary/aromatic N) is 2. The molecule has 7 heteroatoms. The number of nitrogens with one attached hydrogen (secondary N) is 2. The van der Waals surface area contributed by atoms with E-state index < -0.39 is 6.17 Å². The van der Waals surface area contributed by atoms with Crippen molar-refractivity contribution in [2.24, 2.45) is 0 Å². The monoisotopic (exact) mass is 304 g/mol. The number of rotatable bonds is 4. The van der Waals surface area contributed by atoms with Gasteiger partial charge in [-0.3, -0.25) is 4.79 Å². The highest BCUT2D eigenvalue weighted by atomic mass is 19.1. The van der Waals surface area contributed by atoms with E-state index >= 15 is 0 Å². The molecule has 0 unspecified atom stereocenters. The molecule has 2 heterocycles. The maximum absolute atomic E-state index is 13.1. The minimum absolute atomic E-state index is 0.0170. The van der Waals surface area contributed by atoms with Gasteiger partial charge < -0.3 is 15.2 Å². The normalized spacial score (nSPS) is 21.0. The van der Waals surface area contributed by atoms with E-state index in [1.807, 2.05) is 31.2 Å². The van der Waals surface area contributed by atoms with Crippen LogP contribution in [0, 0.1) is 6.92 Å². The molecule has 0 radical (unpaired) electrons. The predicted molar refractivity (Wildman–Crippen MR) is 78.1 cm³/mol. The number of hydrogen-bond donors (Lipinski definition) is 2. The summed E-state index contributed by atoms with van der Waals surface area (Å²) in [6, 6.07) is 7.23. The van der Waals surface area contributed by atoms with E-state index in [1.54, 1.807) is 0 Å². The summed E-state index contributed by atoms with van der Waals surface area (Å²) >= 11 is 0. The van der Waals surface area contributed by atoms with Gasteiger partial charge in [-0.1, -0.05) is 22.9 Å². The van der Waals surface area contributed by atoms with E-state index in [4.69, 9.17) is 4.52 Å². The summed E-state index contributed by atoms with van der Waals surface area (Å²) in [7, 11) is 0. The van der Waals surface area contributed by atoms with E-state index in [-0.39, 0.29) is 24.9 Å². The number of aryl methyl sites for hydroxylation is 1. The number of benzene rings is 1. The number of amides is 1. The van der Waals surface area contributed by atoms with Crippen LogP contribution >= 0.6 is 0 Å². The van der Waals surface area contributed by atoms with Gasteiger partial charge in [-0.2, -0.15) is 4.98 Å². The van der Waals surface area contributed by atoms with Crippen molar-refractivity contribution in [2.45, 2.75) is 32.0 Å². The van der Waals surface area contributed by atoms with Crippen molar-refractivity contribution in [1.82, 2.24) is 15.5 Å². The molecule has 116 valence electrons. The van der Waals surface area contributed by atoms with Crippen LogP contribution in [0.25, 0.3) is 0 Å². The number of anilines is 1. The average molecular weight is 304 g/mol. The number of carbonyl (C=O) groups is 1. The van der Waals surface area contributed by atoms with Gasteiger partial charge in [0.15, 0.2) is 5.82 Å². The summed E-state index contributed by atoms with van der Waals surface area (Å²) in [6.07, 6.45) is -0.564. The molecule has 1 saturated heterocycles. The number of alkyl halides is 1. The molecular weight excluding hydrogens is 287 g/mol. The third-order valence-corrected chi connectivity index (χ3v) is 3.51. The Balaban J connectivity index is 1.57. The van der Waals surface area contributed by atoms with Crippen molar-refractivity contribution in [3.05, 3.63) is 41.5 Å². The summed E-state index contributed by atoms with van der Waals surface area (Å²) in [5, 5.41) is 9.50. The Bertz CT molecular complexity index is 656. The highest BCUT2D eigenvalue weighted by molar-refractivity contribution is 5.91. The van der Waals surface area contributed by atoms with E-state index in [2.05, 4.69) is 20.8 Å². The van der Waals surface area contributed by atoms with Gasteiger partial charge in [0.1, 0.15) is 6.17 Å². The molecule has 0 aliphatic carbocycles. The van der Waals surface area contributed by atoms with E-state index in [1.165, 1.54) is 0 Å². The first kappa shape index (κ1) is 14.6. The third kappa shape index (κ3) is 3.48. The van der Waals surface area contributed by atoms with Crippen LogP contribution in [0.2, 0.25) is 0 Å². The Hall–Kier alpha value is -2.28. The molecule has 1 aromatic heterocycles.